The molecule has 1 aromatic carbocycles. The molecule has 0 spiro atoms. The highest BCUT2D eigenvalue weighted by Gasteiger charge is 2.24. The van der Waals surface area contributed by atoms with Gasteiger partial charge in [0.2, 0.25) is 17.8 Å². The van der Waals surface area contributed by atoms with Gasteiger partial charge < -0.3 is 14.7 Å². The molecule has 0 bridgehead atoms. The molecule has 0 unspecified atom stereocenters. The number of anilines is 2. The molecule has 0 radical (unpaired) electrons. The first kappa shape index (κ1) is 20.8. The average molecular weight is 396 g/mol. The Morgan fingerprint density at radius 1 is 1.03 bits per heavy atom. The topological polar surface area (TPSA) is 69.6 Å². The largest absolute Gasteiger partial charge is 0.339 e. The molecule has 1 aliphatic heterocycles. The molecule has 2 aromatic rings. The number of para-hydroxylation sites is 1. The van der Waals surface area contributed by atoms with Crippen molar-refractivity contribution in [3.63, 3.8) is 0 Å². The summed E-state index contributed by atoms with van der Waals surface area (Å²) in [5.74, 6) is 1.04. The van der Waals surface area contributed by atoms with Gasteiger partial charge in [0.25, 0.3) is 0 Å². The fraction of sp³-hybridized carbons (Fsp3) is 0.455. The molecule has 1 fully saturated rings. The lowest BCUT2D eigenvalue weighted by molar-refractivity contribution is -0.131. The average Bonchev–Trinajstić information content (AvgIpc) is 2.74. The molecule has 1 aliphatic rings. The summed E-state index contributed by atoms with van der Waals surface area (Å²) in [6, 6.07) is 9.71. The van der Waals surface area contributed by atoms with E-state index in [9.17, 15) is 9.59 Å². The van der Waals surface area contributed by atoms with Gasteiger partial charge >= 0.3 is 0 Å². The number of rotatable bonds is 6. The summed E-state index contributed by atoms with van der Waals surface area (Å²) in [5, 5.41) is 0. The Morgan fingerprint density at radius 3 is 2.31 bits per heavy atom. The third-order valence-electron chi connectivity index (χ3n) is 5.25. The van der Waals surface area contributed by atoms with Crippen LogP contribution < -0.4 is 9.80 Å². The highest BCUT2D eigenvalue weighted by Crippen LogP contribution is 2.27. The van der Waals surface area contributed by atoms with Crippen LogP contribution in [0, 0.1) is 0 Å². The van der Waals surface area contributed by atoms with E-state index >= 15 is 0 Å². The molecule has 7 nitrogen and oxygen atoms in total. The zero-order valence-corrected chi connectivity index (χ0v) is 17.4. The Morgan fingerprint density at radius 2 is 1.69 bits per heavy atom. The maximum Gasteiger partial charge on any atom is 0.225 e. The standard InChI is InChI=1S/C22H29N5O2/c1-17(2)19-7-4-5-8-20(19)27(18(3)28)12-9-21(29)25-13-15-26(16-14-25)22-23-10-6-11-24-22/h4-8,10-11,17H,9,12-16H2,1-3H3. The fourth-order valence-electron chi connectivity index (χ4n) is 3.65. The van der Waals surface area contributed by atoms with Crippen LogP contribution in [0.2, 0.25) is 0 Å². The predicted octanol–water partition coefficient (Wildman–Crippen LogP) is 2.69. The van der Waals surface area contributed by atoms with Crippen LogP contribution in [-0.4, -0.2) is 59.4 Å². The SMILES string of the molecule is CC(=O)N(CCC(=O)N1CCN(c2ncccn2)CC1)c1ccccc1C(C)C. The van der Waals surface area contributed by atoms with E-state index in [-0.39, 0.29) is 11.8 Å². The molecule has 1 aromatic heterocycles. The summed E-state index contributed by atoms with van der Waals surface area (Å²) in [6.45, 7) is 8.86. The molecular weight excluding hydrogens is 366 g/mol. The zero-order chi connectivity index (χ0) is 20.8. The minimum absolute atomic E-state index is 0.0445. The second kappa shape index (κ2) is 9.49. The van der Waals surface area contributed by atoms with Gasteiger partial charge in [-0.05, 0) is 23.6 Å². The lowest BCUT2D eigenvalue weighted by Gasteiger charge is -2.35. The van der Waals surface area contributed by atoms with E-state index in [0.29, 0.717) is 51.0 Å². The number of aromatic nitrogens is 2. The van der Waals surface area contributed by atoms with E-state index in [0.717, 1.165) is 11.3 Å². The van der Waals surface area contributed by atoms with Gasteiger partial charge in [-0.2, -0.15) is 0 Å². The lowest BCUT2D eigenvalue weighted by atomic mass is 10.00. The van der Waals surface area contributed by atoms with Gasteiger partial charge in [0.1, 0.15) is 0 Å². The molecule has 0 saturated carbocycles. The van der Waals surface area contributed by atoms with E-state index in [1.54, 1.807) is 30.3 Å². The van der Waals surface area contributed by atoms with Gasteiger partial charge in [-0.1, -0.05) is 32.0 Å². The van der Waals surface area contributed by atoms with E-state index in [1.165, 1.54) is 0 Å². The monoisotopic (exact) mass is 395 g/mol. The number of nitrogens with zero attached hydrogens (tertiary/aromatic N) is 5. The molecule has 2 amide bonds. The van der Waals surface area contributed by atoms with Gasteiger partial charge in [0, 0.05) is 64.1 Å². The lowest BCUT2D eigenvalue weighted by Crippen LogP contribution is -2.49. The number of hydrogen-bond acceptors (Lipinski definition) is 5. The van der Waals surface area contributed by atoms with Crippen LogP contribution in [0.4, 0.5) is 11.6 Å². The van der Waals surface area contributed by atoms with E-state index in [1.807, 2.05) is 29.2 Å². The summed E-state index contributed by atoms with van der Waals surface area (Å²) in [5.41, 5.74) is 2.01. The first-order valence-electron chi connectivity index (χ1n) is 10.1. The number of hydrogen-bond donors (Lipinski definition) is 0. The quantitative estimate of drug-likeness (QED) is 0.752. The van der Waals surface area contributed by atoms with Crippen LogP contribution >= 0.6 is 0 Å². The Kier molecular flexibility index (Phi) is 6.80. The number of carbonyl (C=O) groups is 2. The molecule has 7 heteroatoms. The third kappa shape index (κ3) is 5.10. The van der Waals surface area contributed by atoms with E-state index in [2.05, 4.69) is 28.7 Å². The molecular formula is C22H29N5O2. The van der Waals surface area contributed by atoms with Gasteiger partial charge in [0.15, 0.2) is 0 Å². The second-order valence-corrected chi connectivity index (χ2v) is 7.55. The maximum absolute atomic E-state index is 12.8. The number of piperazine rings is 1. The molecule has 0 aliphatic carbocycles. The summed E-state index contributed by atoms with van der Waals surface area (Å²) >= 11 is 0. The van der Waals surface area contributed by atoms with Crippen molar-refractivity contribution in [2.24, 2.45) is 0 Å². The minimum atomic E-state index is -0.0445. The molecule has 3 rings (SSSR count). The van der Waals surface area contributed by atoms with Gasteiger partial charge in [-0.3, -0.25) is 9.59 Å². The van der Waals surface area contributed by atoms with Crippen LogP contribution in [-0.2, 0) is 9.59 Å². The summed E-state index contributed by atoms with van der Waals surface area (Å²) < 4.78 is 0. The summed E-state index contributed by atoms with van der Waals surface area (Å²) in [4.78, 5) is 39.3. The summed E-state index contributed by atoms with van der Waals surface area (Å²) in [7, 11) is 0. The molecule has 1 saturated heterocycles. The van der Waals surface area contributed by atoms with E-state index in [4.69, 9.17) is 0 Å². The Bertz CT molecular complexity index is 832. The highest BCUT2D eigenvalue weighted by molar-refractivity contribution is 5.93. The van der Waals surface area contributed by atoms with Crippen molar-refractivity contribution in [2.75, 3.05) is 42.5 Å². The third-order valence-corrected chi connectivity index (χ3v) is 5.25. The van der Waals surface area contributed by atoms with Crippen LogP contribution in [0.25, 0.3) is 0 Å². The number of amides is 2. The van der Waals surface area contributed by atoms with Crippen LogP contribution in [0.1, 0.15) is 38.7 Å². The highest BCUT2D eigenvalue weighted by atomic mass is 16.2. The van der Waals surface area contributed by atoms with Crippen molar-refractivity contribution in [2.45, 2.75) is 33.1 Å². The minimum Gasteiger partial charge on any atom is -0.339 e. The molecule has 2 heterocycles. The van der Waals surface area contributed by atoms with Crippen molar-refractivity contribution in [3.8, 4) is 0 Å². The first-order valence-corrected chi connectivity index (χ1v) is 10.1. The fourth-order valence-corrected chi connectivity index (χ4v) is 3.65. The molecule has 154 valence electrons. The molecule has 0 atom stereocenters. The van der Waals surface area contributed by atoms with Crippen LogP contribution in [0.15, 0.2) is 42.7 Å². The molecule has 0 N–H and O–H groups in total. The van der Waals surface area contributed by atoms with Crippen molar-refractivity contribution in [3.05, 3.63) is 48.3 Å². The Balaban J connectivity index is 1.59. The summed E-state index contributed by atoms with van der Waals surface area (Å²) in [6.07, 6.45) is 3.77. The van der Waals surface area contributed by atoms with E-state index < -0.39 is 0 Å². The molecule has 29 heavy (non-hydrogen) atoms. The Labute approximate surface area is 172 Å². The van der Waals surface area contributed by atoms with Crippen molar-refractivity contribution in [1.82, 2.24) is 14.9 Å². The Hall–Kier alpha value is -2.96. The van der Waals surface area contributed by atoms with Crippen molar-refractivity contribution < 1.29 is 9.59 Å². The van der Waals surface area contributed by atoms with Crippen LogP contribution in [0.3, 0.4) is 0 Å². The normalized spacial score (nSPS) is 14.2. The second-order valence-electron chi connectivity index (χ2n) is 7.55. The first-order chi connectivity index (χ1) is 14.0. The van der Waals surface area contributed by atoms with Gasteiger partial charge in [-0.25, -0.2) is 9.97 Å². The predicted molar refractivity (Wildman–Crippen MR) is 114 cm³/mol. The van der Waals surface area contributed by atoms with Crippen molar-refractivity contribution in [1.29, 1.82) is 0 Å². The number of carbonyl (C=O) groups excluding carboxylic acids is 2. The van der Waals surface area contributed by atoms with Crippen molar-refractivity contribution >= 4 is 23.5 Å². The van der Waals surface area contributed by atoms with Gasteiger partial charge in [-0.15, -0.1) is 0 Å². The van der Waals surface area contributed by atoms with Crippen LogP contribution in [0.5, 0.6) is 0 Å². The smallest absolute Gasteiger partial charge is 0.225 e. The number of benzene rings is 1. The maximum atomic E-state index is 12.8. The zero-order valence-electron chi connectivity index (χ0n) is 17.4. The van der Waals surface area contributed by atoms with Gasteiger partial charge in [0.05, 0.1) is 0 Å².